The molecule has 0 amide bonds. The van der Waals surface area contributed by atoms with E-state index in [-0.39, 0.29) is 0 Å². The van der Waals surface area contributed by atoms with Gasteiger partial charge in [0.15, 0.2) is 0 Å². The Balaban J connectivity index is 2.35. The van der Waals surface area contributed by atoms with Crippen LogP contribution in [0.2, 0.25) is 0 Å². The van der Waals surface area contributed by atoms with Gasteiger partial charge in [-0.15, -0.1) is 0 Å². The fraction of sp³-hybridized carbons (Fsp3) is 0.600. The lowest BCUT2D eigenvalue weighted by molar-refractivity contribution is 0.405. The minimum atomic E-state index is -3.42. The van der Waals surface area contributed by atoms with Gasteiger partial charge < -0.3 is 5.73 Å². The van der Waals surface area contributed by atoms with Crippen molar-refractivity contribution in [3.63, 3.8) is 0 Å². The minimum absolute atomic E-state index is 0.326. The predicted molar refractivity (Wildman–Crippen MR) is 89.0 cm³/mol. The summed E-state index contributed by atoms with van der Waals surface area (Å²) in [5, 5.41) is 0.653. The van der Waals surface area contributed by atoms with E-state index in [1.807, 2.05) is 24.8 Å². The Bertz CT molecular complexity index is 592. The zero-order valence-electron chi connectivity index (χ0n) is 12.9. The summed E-state index contributed by atoms with van der Waals surface area (Å²) in [6, 6.07) is 5.34. The summed E-state index contributed by atoms with van der Waals surface area (Å²) in [4.78, 5) is 0.367. The highest BCUT2D eigenvalue weighted by atomic mass is 32.2. The molecule has 21 heavy (non-hydrogen) atoms. The zero-order valence-corrected chi connectivity index (χ0v) is 14.5. The number of rotatable bonds is 4. The van der Waals surface area contributed by atoms with E-state index in [0.29, 0.717) is 35.0 Å². The quantitative estimate of drug-likeness (QED) is 0.920. The van der Waals surface area contributed by atoms with Gasteiger partial charge in [0.1, 0.15) is 0 Å². The molecule has 1 aliphatic heterocycles. The van der Waals surface area contributed by atoms with Crippen LogP contribution in [0, 0.1) is 0 Å². The third kappa shape index (κ3) is 3.62. The number of thioether (sulfide) groups is 1. The molecule has 4 nitrogen and oxygen atoms in total. The van der Waals surface area contributed by atoms with Crippen LogP contribution in [0.5, 0.6) is 0 Å². The van der Waals surface area contributed by atoms with Crippen molar-refractivity contribution in [2.75, 3.05) is 13.1 Å². The maximum absolute atomic E-state index is 12.8. The molecule has 0 aliphatic carbocycles. The van der Waals surface area contributed by atoms with E-state index in [1.165, 1.54) is 0 Å². The predicted octanol–water partition coefficient (Wildman–Crippen LogP) is 2.22. The van der Waals surface area contributed by atoms with Crippen molar-refractivity contribution in [1.82, 2.24) is 4.31 Å². The first-order valence-corrected chi connectivity index (χ1v) is 9.74. The Morgan fingerprint density at radius 2 is 1.86 bits per heavy atom. The van der Waals surface area contributed by atoms with Crippen molar-refractivity contribution >= 4 is 21.8 Å². The first-order chi connectivity index (χ1) is 9.88. The van der Waals surface area contributed by atoms with E-state index in [9.17, 15) is 8.42 Å². The molecular weight excluding hydrogens is 304 g/mol. The molecule has 0 radical (unpaired) electrons. The summed E-state index contributed by atoms with van der Waals surface area (Å²) >= 11 is 1.84. The van der Waals surface area contributed by atoms with E-state index in [0.717, 1.165) is 17.5 Å². The second kappa shape index (κ2) is 6.69. The lowest BCUT2D eigenvalue weighted by atomic mass is 10.1. The molecule has 2 atom stereocenters. The van der Waals surface area contributed by atoms with E-state index in [1.54, 1.807) is 16.4 Å². The molecule has 1 heterocycles. The van der Waals surface area contributed by atoms with E-state index >= 15 is 0 Å². The van der Waals surface area contributed by atoms with Crippen molar-refractivity contribution < 1.29 is 8.42 Å². The second-order valence-corrected chi connectivity index (χ2v) is 9.39. The maximum atomic E-state index is 12.8. The summed E-state index contributed by atoms with van der Waals surface area (Å²) < 4.78 is 27.3. The van der Waals surface area contributed by atoms with Gasteiger partial charge in [-0.25, -0.2) is 8.42 Å². The molecule has 1 aromatic rings. The summed E-state index contributed by atoms with van der Waals surface area (Å²) in [6.45, 7) is 7.72. The highest BCUT2D eigenvalue weighted by Crippen LogP contribution is 2.29. The normalized spacial score (nSPS) is 24.2. The molecule has 0 aromatic heterocycles. The lowest BCUT2D eigenvalue weighted by Gasteiger charge is -2.33. The monoisotopic (exact) mass is 328 g/mol. The average Bonchev–Trinajstić information content (AvgIpc) is 2.45. The second-order valence-electron chi connectivity index (χ2n) is 5.57. The molecule has 1 aromatic carbocycles. The van der Waals surface area contributed by atoms with Gasteiger partial charge in [0.25, 0.3) is 0 Å². The summed E-state index contributed by atoms with van der Waals surface area (Å²) in [5.74, 6) is 0. The molecule has 0 saturated carbocycles. The number of hydrogen-bond acceptors (Lipinski definition) is 4. The average molecular weight is 329 g/mol. The third-order valence-electron chi connectivity index (χ3n) is 3.80. The summed E-state index contributed by atoms with van der Waals surface area (Å²) in [5.41, 5.74) is 7.79. The molecule has 0 spiro atoms. The van der Waals surface area contributed by atoms with Crippen LogP contribution in [0.15, 0.2) is 23.1 Å². The number of hydrogen-bond donors (Lipinski definition) is 1. The van der Waals surface area contributed by atoms with Crippen molar-refractivity contribution in [3.05, 3.63) is 29.3 Å². The van der Waals surface area contributed by atoms with Crippen LogP contribution >= 0.6 is 11.8 Å². The fourth-order valence-corrected chi connectivity index (χ4v) is 5.96. The van der Waals surface area contributed by atoms with Crippen molar-refractivity contribution in [2.45, 2.75) is 49.1 Å². The number of aryl methyl sites for hydroxylation is 1. The van der Waals surface area contributed by atoms with Crippen molar-refractivity contribution in [1.29, 1.82) is 0 Å². The number of nitrogens with two attached hydrogens (primary N) is 1. The molecule has 2 rings (SSSR count). The van der Waals surface area contributed by atoms with Gasteiger partial charge in [0.2, 0.25) is 10.0 Å². The first kappa shape index (κ1) is 16.8. The van der Waals surface area contributed by atoms with Crippen LogP contribution in [0.1, 0.15) is 31.9 Å². The van der Waals surface area contributed by atoms with Gasteiger partial charge in [-0.3, -0.25) is 0 Å². The first-order valence-electron chi connectivity index (χ1n) is 7.36. The Morgan fingerprint density at radius 1 is 1.24 bits per heavy atom. The van der Waals surface area contributed by atoms with Gasteiger partial charge in [-0.1, -0.05) is 26.8 Å². The third-order valence-corrected chi connectivity index (χ3v) is 6.86. The number of sulfonamides is 1. The standard InChI is InChI=1S/C15H24N2O2S2/c1-4-13-5-6-15(7-14(13)8-16)21(18,19)17-9-11(2)20-12(3)10-17/h5-7,11-12H,4,8-10,16H2,1-3H3. The molecular formula is C15H24N2O2S2. The molecule has 118 valence electrons. The zero-order chi connectivity index (χ0) is 15.6. The van der Waals surface area contributed by atoms with Crippen molar-refractivity contribution in [2.24, 2.45) is 5.73 Å². The highest BCUT2D eigenvalue weighted by Gasteiger charge is 2.32. The van der Waals surface area contributed by atoms with Crippen LogP contribution in [0.3, 0.4) is 0 Å². The van der Waals surface area contributed by atoms with Gasteiger partial charge in [0.05, 0.1) is 4.90 Å². The van der Waals surface area contributed by atoms with Crippen molar-refractivity contribution in [3.8, 4) is 0 Å². The fourth-order valence-electron chi connectivity index (χ4n) is 2.77. The molecule has 2 unspecified atom stereocenters. The van der Waals surface area contributed by atoms with Gasteiger partial charge in [-0.2, -0.15) is 16.1 Å². The smallest absolute Gasteiger partial charge is 0.243 e. The Morgan fingerprint density at radius 3 is 2.38 bits per heavy atom. The Labute approximate surface area is 132 Å². The lowest BCUT2D eigenvalue weighted by Crippen LogP contribution is -2.43. The van der Waals surface area contributed by atoms with Crippen LogP contribution in [-0.4, -0.2) is 36.3 Å². The minimum Gasteiger partial charge on any atom is -0.326 e. The molecule has 0 bridgehead atoms. The van der Waals surface area contributed by atoms with Gasteiger partial charge in [-0.05, 0) is 29.7 Å². The summed E-state index contributed by atoms with van der Waals surface area (Å²) in [6.07, 6.45) is 0.862. The molecule has 1 saturated heterocycles. The topological polar surface area (TPSA) is 63.4 Å². The van der Waals surface area contributed by atoms with Crippen LogP contribution in [0.25, 0.3) is 0 Å². The van der Waals surface area contributed by atoms with Gasteiger partial charge in [0, 0.05) is 30.1 Å². The SMILES string of the molecule is CCc1ccc(S(=O)(=O)N2CC(C)SC(C)C2)cc1CN. The number of nitrogens with zero attached hydrogens (tertiary/aromatic N) is 1. The molecule has 1 fully saturated rings. The maximum Gasteiger partial charge on any atom is 0.243 e. The van der Waals surface area contributed by atoms with Crippen LogP contribution < -0.4 is 5.73 Å². The molecule has 2 N–H and O–H groups in total. The largest absolute Gasteiger partial charge is 0.326 e. The molecule has 6 heteroatoms. The molecule has 1 aliphatic rings. The van der Waals surface area contributed by atoms with Gasteiger partial charge >= 0.3 is 0 Å². The Kier molecular flexibility index (Phi) is 5.35. The van der Waals surface area contributed by atoms with Crippen LogP contribution in [-0.2, 0) is 23.0 Å². The Hall–Kier alpha value is -0.560. The highest BCUT2D eigenvalue weighted by molar-refractivity contribution is 8.00. The number of benzene rings is 1. The van der Waals surface area contributed by atoms with E-state index in [4.69, 9.17) is 5.73 Å². The van der Waals surface area contributed by atoms with Crippen LogP contribution in [0.4, 0.5) is 0 Å². The van der Waals surface area contributed by atoms with E-state index in [2.05, 4.69) is 13.8 Å². The summed E-state index contributed by atoms with van der Waals surface area (Å²) in [7, 11) is -3.42. The van der Waals surface area contributed by atoms with E-state index < -0.39 is 10.0 Å².